The maximum Gasteiger partial charge on any atom is 0.318 e. The van der Waals surface area contributed by atoms with Gasteiger partial charge in [-0.1, -0.05) is 30.3 Å². The normalized spacial score (nSPS) is 10.5. The minimum Gasteiger partial charge on any atom is -0.467 e. The molecule has 0 aliphatic carbocycles. The predicted molar refractivity (Wildman–Crippen MR) is 112 cm³/mol. The molecule has 0 fully saturated rings. The highest BCUT2D eigenvalue weighted by molar-refractivity contribution is 5.74. The molecule has 152 valence electrons. The minimum atomic E-state index is -0.211. The van der Waals surface area contributed by atoms with Gasteiger partial charge in [0.1, 0.15) is 23.0 Å². The third-order valence-electron chi connectivity index (χ3n) is 4.46. The number of urea groups is 1. The first-order chi connectivity index (χ1) is 14.8. The second-order valence-electron chi connectivity index (χ2n) is 6.74. The van der Waals surface area contributed by atoms with Crippen molar-refractivity contribution in [1.29, 1.82) is 0 Å². The SMILES string of the molecule is O=C(NCc1cccc(Oc2ccccc2)c1)N(Cc1ccco1)Cc1ccco1. The highest BCUT2D eigenvalue weighted by Crippen LogP contribution is 2.22. The molecular formula is C24H22N2O4. The zero-order valence-electron chi connectivity index (χ0n) is 16.4. The van der Waals surface area contributed by atoms with Gasteiger partial charge in [-0.25, -0.2) is 4.79 Å². The molecule has 0 radical (unpaired) electrons. The number of carbonyl (C=O) groups excluding carboxylic acids is 1. The van der Waals surface area contributed by atoms with Gasteiger partial charge in [0.2, 0.25) is 0 Å². The molecule has 2 amide bonds. The van der Waals surface area contributed by atoms with Crippen molar-refractivity contribution in [3.8, 4) is 11.5 Å². The summed E-state index contributed by atoms with van der Waals surface area (Å²) < 4.78 is 16.7. The zero-order chi connectivity index (χ0) is 20.6. The molecule has 2 heterocycles. The molecule has 4 rings (SSSR count). The van der Waals surface area contributed by atoms with E-state index in [1.807, 2.05) is 66.7 Å². The van der Waals surface area contributed by atoms with Crippen LogP contribution in [-0.2, 0) is 19.6 Å². The van der Waals surface area contributed by atoms with Gasteiger partial charge in [-0.2, -0.15) is 0 Å². The topological polar surface area (TPSA) is 67.8 Å². The largest absolute Gasteiger partial charge is 0.467 e. The minimum absolute atomic E-state index is 0.211. The van der Waals surface area contributed by atoms with Gasteiger partial charge in [-0.05, 0) is 54.1 Å². The molecule has 0 unspecified atom stereocenters. The van der Waals surface area contributed by atoms with Crippen LogP contribution >= 0.6 is 0 Å². The molecule has 4 aromatic rings. The Morgan fingerprint density at radius 1 is 0.800 bits per heavy atom. The van der Waals surface area contributed by atoms with Crippen molar-refractivity contribution < 1.29 is 18.4 Å². The smallest absolute Gasteiger partial charge is 0.318 e. The Morgan fingerprint density at radius 3 is 2.10 bits per heavy atom. The molecule has 0 aliphatic rings. The van der Waals surface area contributed by atoms with Crippen LogP contribution in [-0.4, -0.2) is 10.9 Å². The number of ether oxygens (including phenoxy) is 1. The standard InChI is InChI=1S/C24H22N2O4/c27-24(26(17-22-11-5-13-28-22)18-23-12-6-14-29-23)25-16-19-7-4-10-21(15-19)30-20-8-2-1-3-9-20/h1-15H,16-18H2,(H,25,27). The lowest BCUT2D eigenvalue weighted by Crippen LogP contribution is -2.38. The van der Waals surface area contributed by atoms with Gasteiger partial charge in [0.05, 0.1) is 25.6 Å². The Labute approximate surface area is 174 Å². The van der Waals surface area contributed by atoms with Gasteiger partial charge in [0.15, 0.2) is 0 Å². The summed E-state index contributed by atoms with van der Waals surface area (Å²) in [5.74, 6) is 2.89. The number of nitrogens with zero attached hydrogens (tertiary/aromatic N) is 1. The molecule has 2 aromatic heterocycles. The average Bonchev–Trinajstić information content (AvgIpc) is 3.47. The number of para-hydroxylation sites is 1. The summed E-state index contributed by atoms with van der Waals surface area (Å²) in [7, 11) is 0. The quantitative estimate of drug-likeness (QED) is 0.418. The van der Waals surface area contributed by atoms with Crippen molar-refractivity contribution in [2.45, 2.75) is 19.6 Å². The summed E-state index contributed by atoms with van der Waals surface area (Å²) in [5.41, 5.74) is 0.938. The fourth-order valence-corrected chi connectivity index (χ4v) is 3.01. The second-order valence-corrected chi connectivity index (χ2v) is 6.74. The van der Waals surface area contributed by atoms with E-state index >= 15 is 0 Å². The van der Waals surface area contributed by atoms with Crippen molar-refractivity contribution >= 4 is 6.03 Å². The third kappa shape index (κ3) is 5.32. The van der Waals surface area contributed by atoms with Gasteiger partial charge in [-0.3, -0.25) is 0 Å². The number of furan rings is 2. The van der Waals surface area contributed by atoms with E-state index in [1.54, 1.807) is 29.6 Å². The molecule has 1 N–H and O–H groups in total. The lowest BCUT2D eigenvalue weighted by atomic mass is 10.2. The number of amides is 2. The van der Waals surface area contributed by atoms with Crippen LogP contribution in [0.1, 0.15) is 17.1 Å². The molecule has 0 spiro atoms. The van der Waals surface area contributed by atoms with Crippen molar-refractivity contribution in [1.82, 2.24) is 10.2 Å². The zero-order valence-corrected chi connectivity index (χ0v) is 16.4. The molecule has 2 aromatic carbocycles. The Morgan fingerprint density at radius 2 is 1.47 bits per heavy atom. The lowest BCUT2D eigenvalue weighted by molar-refractivity contribution is 0.181. The van der Waals surface area contributed by atoms with Gasteiger partial charge < -0.3 is 23.8 Å². The number of nitrogens with one attached hydrogen (secondary N) is 1. The summed E-state index contributed by atoms with van der Waals surface area (Å²) in [6, 6.07) is 24.3. The van der Waals surface area contributed by atoms with Crippen LogP contribution in [0.3, 0.4) is 0 Å². The molecule has 0 saturated heterocycles. The number of benzene rings is 2. The second kappa shape index (κ2) is 9.52. The Balaban J connectivity index is 1.39. The van der Waals surface area contributed by atoms with Crippen LogP contribution < -0.4 is 10.1 Å². The summed E-state index contributed by atoms with van der Waals surface area (Å²) in [5, 5.41) is 2.96. The molecule has 0 aliphatic heterocycles. The van der Waals surface area contributed by atoms with E-state index in [-0.39, 0.29) is 6.03 Å². The molecular weight excluding hydrogens is 380 g/mol. The monoisotopic (exact) mass is 402 g/mol. The lowest BCUT2D eigenvalue weighted by Gasteiger charge is -2.21. The number of carbonyl (C=O) groups is 1. The van der Waals surface area contributed by atoms with Crippen LogP contribution in [0.25, 0.3) is 0 Å². The third-order valence-corrected chi connectivity index (χ3v) is 4.46. The van der Waals surface area contributed by atoms with E-state index in [1.165, 1.54) is 0 Å². The number of rotatable bonds is 8. The first-order valence-corrected chi connectivity index (χ1v) is 9.66. The fourth-order valence-electron chi connectivity index (χ4n) is 3.01. The first kappa shape index (κ1) is 19.4. The van der Waals surface area contributed by atoms with E-state index in [0.717, 1.165) is 17.1 Å². The van der Waals surface area contributed by atoms with Gasteiger partial charge in [0, 0.05) is 6.54 Å². The molecule has 0 bridgehead atoms. The maximum atomic E-state index is 12.8. The van der Waals surface area contributed by atoms with E-state index in [0.29, 0.717) is 31.2 Å². The van der Waals surface area contributed by atoms with E-state index < -0.39 is 0 Å². The highest BCUT2D eigenvalue weighted by atomic mass is 16.5. The van der Waals surface area contributed by atoms with Crippen molar-refractivity contribution in [3.63, 3.8) is 0 Å². The van der Waals surface area contributed by atoms with Crippen molar-refractivity contribution in [3.05, 3.63) is 108 Å². The molecule has 30 heavy (non-hydrogen) atoms. The number of hydrogen-bond acceptors (Lipinski definition) is 4. The summed E-state index contributed by atoms with van der Waals surface area (Å²) in [4.78, 5) is 14.5. The van der Waals surface area contributed by atoms with Crippen LogP contribution in [0.2, 0.25) is 0 Å². The molecule has 0 atom stereocenters. The van der Waals surface area contributed by atoms with E-state index in [2.05, 4.69) is 5.32 Å². The summed E-state index contributed by atoms with van der Waals surface area (Å²) in [6.45, 7) is 1.06. The molecule has 6 heteroatoms. The number of hydrogen-bond donors (Lipinski definition) is 1. The van der Waals surface area contributed by atoms with Gasteiger partial charge >= 0.3 is 6.03 Å². The average molecular weight is 402 g/mol. The Bertz CT molecular complexity index is 1010. The predicted octanol–water partition coefficient (Wildman–Crippen LogP) is 5.58. The van der Waals surface area contributed by atoms with Gasteiger partial charge in [0.25, 0.3) is 0 Å². The highest BCUT2D eigenvalue weighted by Gasteiger charge is 2.17. The van der Waals surface area contributed by atoms with Crippen LogP contribution in [0.15, 0.2) is 100 Å². The van der Waals surface area contributed by atoms with E-state index in [4.69, 9.17) is 13.6 Å². The molecule has 0 saturated carbocycles. The van der Waals surface area contributed by atoms with E-state index in [9.17, 15) is 4.79 Å². The van der Waals surface area contributed by atoms with Crippen LogP contribution in [0.5, 0.6) is 11.5 Å². The Hall–Kier alpha value is -3.93. The fraction of sp³-hybridized carbons (Fsp3) is 0.125. The maximum absolute atomic E-state index is 12.8. The summed E-state index contributed by atoms with van der Waals surface area (Å²) in [6.07, 6.45) is 3.19. The van der Waals surface area contributed by atoms with Crippen LogP contribution in [0.4, 0.5) is 4.79 Å². The molecule has 6 nitrogen and oxygen atoms in total. The van der Waals surface area contributed by atoms with Crippen LogP contribution in [0, 0.1) is 0 Å². The Kier molecular flexibility index (Phi) is 6.15. The first-order valence-electron chi connectivity index (χ1n) is 9.66. The van der Waals surface area contributed by atoms with Gasteiger partial charge in [-0.15, -0.1) is 0 Å². The van der Waals surface area contributed by atoms with Crippen molar-refractivity contribution in [2.24, 2.45) is 0 Å². The van der Waals surface area contributed by atoms with Crippen molar-refractivity contribution in [2.75, 3.05) is 0 Å². The summed E-state index contributed by atoms with van der Waals surface area (Å²) >= 11 is 0.